The number of rotatable bonds is 14. The Morgan fingerprint density at radius 3 is 2.18 bits per heavy atom. The maximum atomic E-state index is 14.7. The molecule has 0 aromatic heterocycles. The largest absolute Gasteiger partial charge is 0.494 e. The highest BCUT2D eigenvalue weighted by Gasteiger charge is 2.35. The number of amides is 2. The van der Waals surface area contributed by atoms with Crippen LogP contribution < -0.4 is 14.4 Å². The van der Waals surface area contributed by atoms with Gasteiger partial charge in [0.25, 0.3) is 10.0 Å². The van der Waals surface area contributed by atoms with Crippen LogP contribution in [0, 0.1) is 6.92 Å². The molecular formula is C39H44ClN3O5S. The molecular weight excluding hydrogens is 658 g/mol. The van der Waals surface area contributed by atoms with Crippen LogP contribution in [0.5, 0.6) is 5.75 Å². The first-order valence-electron chi connectivity index (χ1n) is 16.8. The molecule has 4 aromatic rings. The lowest BCUT2D eigenvalue weighted by molar-refractivity contribution is -0.140. The second-order valence-corrected chi connectivity index (χ2v) is 14.7. The third kappa shape index (κ3) is 9.43. The molecule has 2 amide bonds. The van der Waals surface area contributed by atoms with Gasteiger partial charge in [0.2, 0.25) is 11.8 Å². The quantitative estimate of drug-likeness (QED) is 0.149. The molecule has 10 heteroatoms. The fourth-order valence-corrected chi connectivity index (χ4v) is 7.76. The van der Waals surface area contributed by atoms with E-state index in [9.17, 15) is 18.0 Å². The van der Waals surface area contributed by atoms with Crippen molar-refractivity contribution in [3.63, 3.8) is 0 Å². The van der Waals surface area contributed by atoms with E-state index >= 15 is 0 Å². The van der Waals surface area contributed by atoms with Gasteiger partial charge in [-0.25, -0.2) is 8.42 Å². The van der Waals surface area contributed by atoms with E-state index in [1.54, 1.807) is 48.5 Å². The van der Waals surface area contributed by atoms with E-state index in [2.05, 4.69) is 5.32 Å². The average Bonchev–Trinajstić information content (AvgIpc) is 3.11. The van der Waals surface area contributed by atoms with Crippen LogP contribution in [0.1, 0.15) is 55.7 Å². The fraction of sp³-hybridized carbons (Fsp3) is 0.333. The first-order chi connectivity index (χ1) is 23.7. The Hall–Kier alpha value is -4.34. The van der Waals surface area contributed by atoms with Crippen LogP contribution in [0.25, 0.3) is 0 Å². The second kappa shape index (κ2) is 16.9. The van der Waals surface area contributed by atoms with Gasteiger partial charge in [-0.1, -0.05) is 97.1 Å². The number of aryl methyl sites for hydroxylation is 1. The van der Waals surface area contributed by atoms with Crippen molar-refractivity contribution in [2.45, 2.75) is 75.9 Å². The SMILES string of the molecule is CCOc1ccc(N(CC(=O)N(Cc2ccccc2Cl)C(Cc2ccccc2)C(=O)NC2CCCCC2)S(=O)(=O)c2ccc(C)cc2)cc1. The number of anilines is 1. The van der Waals surface area contributed by atoms with Gasteiger partial charge in [0.05, 0.1) is 17.2 Å². The number of nitrogens with zero attached hydrogens (tertiary/aromatic N) is 2. The van der Waals surface area contributed by atoms with Crippen molar-refractivity contribution < 1.29 is 22.7 Å². The second-order valence-electron chi connectivity index (χ2n) is 12.4. The van der Waals surface area contributed by atoms with Crippen molar-refractivity contribution in [3.8, 4) is 5.75 Å². The highest BCUT2D eigenvalue weighted by atomic mass is 35.5. The van der Waals surface area contributed by atoms with Gasteiger partial charge < -0.3 is 15.0 Å². The Labute approximate surface area is 295 Å². The fourth-order valence-electron chi connectivity index (χ4n) is 6.15. The standard InChI is InChI=1S/C39H44ClN3O5S/c1-3-48-34-22-20-33(21-23-34)43(49(46,47)35-24-18-29(2)19-25-35)28-38(44)42(27-31-14-10-11-17-36(31)40)37(26-30-12-6-4-7-13-30)39(45)41-32-15-8-5-9-16-32/h4,6-7,10-14,17-25,32,37H,3,5,8-9,15-16,26-28H2,1-2H3,(H,41,45). The Bertz CT molecular complexity index is 1790. The highest BCUT2D eigenvalue weighted by molar-refractivity contribution is 7.92. The summed E-state index contributed by atoms with van der Waals surface area (Å²) in [5.41, 5.74) is 2.72. The summed E-state index contributed by atoms with van der Waals surface area (Å²) in [6, 6.07) is 28.9. The molecule has 49 heavy (non-hydrogen) atoms. The van der Waals surface area contributed by atoms with E-state index in [0.717, 1.165) is 47.5 Å². The number of carbonyl (C=O) groups excluding carboxylic acids is 2. The molecule has 4 aromatic carbocycles. The van der Waals surface area contributed by atoms with Crippen LogP contribution in [0.4, 0.5) is 5.69 Å². The molecule has 1 aliphatic carbocycles. The van der Waals surface area contributed by atoms with Crippen LogP contribution in [0.3, 0.4) is 0 Å². The molecule has 0 bridgehead atoms. The summed E-state index contributed by atoms with van der Waals surface area (Å²) >= 11 is 6.62. The minimum Gasteiger partial charge on any atom is -0.494 e. The van der Waals surface area contributed by atoms with Gasteiger partial charge in [-0.15, -0.1) is 0 Å². The summed E-state index contributed by atoms with van der Waals surface area (Å²) in [5.74, 6) is -0.234. The summed E-state index contributed by atoms with van der Waals surface area (Å²) in [5, 5.41) is 3.67. The summed E-state index contributed by atoms with van der Waals surface area (Å²) in [6.45, 7) is 3.66. The number of benzene rings is 4. The normalized spacial score (nSPS) is 14.1. The van der Waals surface area contributed by atoms with E-state index in [1.807, 2.05) is 56.3 Å². The first kappa shape index (κ1) is 36.0. The Morgan fingerprint density at radius 1 is 0.878 bits per heavy atom. The number of hydrogen-bond donors (Lipinski definition) is 1. The van der Waals surface area contributed by atoms with E-state index in [1.165, 1.54) is 17.0 Å². The number of carbonyl (C=O) groups is 2. The molecule has 1 fully saturated rings. The lowest BCUT2D eigenvalue weighted by atomic mass is 9.94. The monoisotopic (exact) mass is 701 g/mol. The van der Waals surface area contributed by atoms with Crippen molar-refractivity contribution in [2.75, 3.05) is 17.5 Å². The molecule has 0 radical (unpaired) electrons. The molecule has 258 valence electrons. The number of halogens is 1. The molecule has 1 atom stereocenters. The van der Waals surface area contributed by atoms with Gasteiger partial charge in [0.15, 0.2) is 0 Å². The molecule has 0 spiro atoms. The zero-order chi connectivity index (χ0) is 34.8. The van der Waals surface area contributed by atoms with E-state index in [0.29, 0.717) is 28.6 Å². The number of hydrogen-bond acceptors (Lipinski definition) is 5. The predicted molar refractivity (Wildman–Crippen MR) is 194 cm³/mol. The summed E-state index contributed by atoms with van der Waals surface area (Å²) in [7, 11) is -4.21. The van der Waals surface area contributed by atoms with Gasteiger partial charge in [-0.2, -0.15) is 0 Å². The zero-order valence-corrected chi connectivity index (χ0v) is 29.6. The van der Waals surface area contributed by atoms with Crippen LogP contribution in [0.15, 0.2) is 108 Å². The zero-order valence-electron chi connectivity index (χ0n) is 28.1. The molecule has 8 nitrogen and oxygen atoms in total. The first-order valence-corrected chi connectivity index (χ1v) is 18.7. The van der Waals surface area contributed by atoms with Crippen molar-refractivity contribution >= 4 is 39.1 Å². The number of nitrogens with one attached hydrogen (secondary N) is 1. The molecule has 1 saturated carbocycles. The highest BCUT2D eigenvalue weighted by Crippen LogP contribution is 2.28. The van der Waals surface area contributed by atoms with E-state index in [-0.39, 0.29) is 29.8 Å². The Morgan fingerprint density at radius 2 is 1.53 bits per heavy atom. The Kier molecular flexibility index (Phi) is 12.4. The molecule has 0 aliphatic heterocycles. The minimum absolute atomic E-state index is 0.00971. The summed E-state index contributed by atoms with van der Waals surface area (Å²) in [6.07, 6.45) is 5.19. The lowest BCUT2D eigenvalue weighted by Gasteiger charge is -2.35. The van der Waals surface area contributed by atoms with Crippen molar-refractivity contribution in [1.29, 1.82) is 0 Å². The molecule has 1 unspecified atom stereocenters. The maximum absolute atomic E-state index is 14.7. The molecule has 0 heterocycles. The Balaban J connectivity index is 1.57. The molecule has 5 rings (SSSR count). The van der Waals surface area contributed by atoms with Crippen molar-refractivity contribution in [1.82, 2.24) is 10.2 Å². The number of ether oxygens (including phenoxy) is 1. The predicted octanol–water partition coefficient (Wildman–Crippen LogP) is 7.33. The number of sulfonamides is 1. The van der Waals surface area contributed by atoms with Gasteiger partial charge >= 0.3 is 0 Å². The summed E-state index contributed by atoms with van der Waals surface area (Å²) in [4.78, 5) is 30.5. The van der Waals surface area contributed by atoms with E-state index < -0.39 is 28.5 Å². The van der Waals surface area contributed by atoms with Crippen molar-refractivity contribution in [3.05, 3.63) is 125 Å². The van der Waals surface area contributed by atoms with Crippen LogP contribution >= 0.6 is 11.6 Å². The molecule has 1 N–H and O–H groups in total. The van der Waals surface area contributed by atoms with Crippen molar-refractivity contribution in [2.24, 2.45) is 0 Å². The van der Waals surface area contributed by atoms with Gasteiger partial charge in [0.1, 0.15) is 18.3 Å². The van der Waals surface area contributed by atoms with Gasteiger partial charge in [-0.3, -0.25) is 13.9 Å². The summed E-state index contributed by atoms with van der Waals surface area (Å²) < 4.78 is 35.3. The third-order valence-electron chi connectivity index (χ3n) is 8.84. The topological polar surface area (TPSA) is 96.0 Å². The van der Waals surface area contributed by atoms with Crippen LogP contribution in [0.2, 0.25) is 5.02 Å². The minimum atomic E-state index is -4.21. The van der Waals surface area contributed by atoms with Crippen LogP contribution in [-0.4, -0.2) is 50.4 Å². The molecule has 1 aliphatic rings. The third-order valence-corrected chi connectivity index (χ3v) is 11.0. The molecule has 0 saturated heterocycles. The maximum Gasteiger partial charge on any atom is 0.264 e. The van der Waals surface area contributed by atoms with E-state index in [4.69, 9.17) is 16.3 Å². The van der Waals surface area contributed by atoms with Crippen LogP contribution in [-0.2, 0) is 32.6 Å². The average molecular weight is 702 g/mol. The smallest absolute Gasteiger partial charge is 0.264 e. The lowest BCUT2D eigenvalue weighted by Crippen LogP contribution is -2.55. The van der Waals surface area contributed by atoms with Gasteiger partial charge in [0, 0.05) is 24.0 Å². The van der Waals surface area contributed by atoms with Gasteiger partial charge in [-0.05, 0) is 80.3 Å².